The molecule has 1 amide bonds. The van der Waals surface area contributed by atoms with E-state index in [4.69, 9.17) is 0 Å². The van der Waals surface area contributed by atoms with Crippen LogP contribution >= 0.6 is 15.9 Å². The van der Waals surface area contributed by atoms with E-state index in [0.717, 1.165) is 22.3 Å². The highest BCUT2D eigenvalue weighted by atomic mass is 79.9. The molecule has 0 bridgehead atoms. The molecule has 4 nitrogen and oxygen atoms in total. The van der Waals surface area contributed by atoms with Crippen LogP contribution in [0.1, 0.15) is 29.3 Å². The first kappa shape index (κ1) is 15.5. The zero-order valence-electron chi connectivity index (χ0n) is 12.1. The molecule has 1 aromatic carbocycles. The highest BCUT2D eigenvalue weighted by molar-refractivity contribution is 9.10. The van der Waals surface area contributed by atoms with Gasteiger partial charge in [0.1, 0.15) is 0 Å². The molecule has 0 atom stereocenters. The highest BCUT2D eigenvalue weighted by Gasteiger charge is 2.06. The Labute approximate surface area is 133 Å². The molecule has 1 aromatic heterocycles. The summed E-state index contributed by atoms with van der Waals surface area (Å²) in [6, 6.07) is 7.81. The van der Waals surface area contributed by atoms with Crippen molar-refractivity contribution in [3.8, 4) is 0 Å². The summed E-state index contributed by atoms with van der Waals surface area (Å²) in [5, 5.41) is 6.09. The second-order valence-corrected chi connectivity index (χ2v) is 5.66. The number of hydrogen-bond acceptors (Lipinski definition) is 3. The number of carbonyl (C=O) groups is 1. The van der Waals surface area contributed by atoms with E-state index in [1.165, 1.54) is 5.56 Å². The lowest BCUT2D eigenvalue weighted by Gasteiger charge is -2.09. The number of aryl methyl sites for hydroxylation is 1. The fourth-order valence-corrected chi connectivity index (χ4v) is 2.19. The third-order valence-corrected chi connectivity index (χ3v) is 3.85. The Balaban J connectivity index is 2.13. The summed E-state index contributed by atoms with van der Waals surface area (Å²) in [5.41, 5.74) is 3.46. The van der Waals surface area contributed by atoms with Crippen molar-refractivity contribution >= 4 is 33.2 Å². The fourth-order valence-electron chi connectivity index (χ4n) is 1.81. The summed E-state index contributed by atoms with van der Waals surface area (Å²) >= 11 is 3.51. The van der Waals surface area contributed by atoms with Crippen LogP contribution in [-0.4, -0.2) is 17.4 Å². The molecular weight excluding hydrogens is 330 g/mol. The first-order valence-electron chi connectivity index (χ1n) is 6.86. The summed E-state index contributed by atoms with van der Waals surface area (Å²) in [6.45, 7) is 4.72. The van der Waals surface area contributed by atoms with Gasteiger partial charge in [0.2, 0.25) is 0 Å². The Morgan fingerprint density at radius 1 is 1.24 bits per heavy atom. The second kappa shape index (κ2) is 7.22. The smallest absolute Gasteiger partial charge is 0.252 e. The number of nitrogens with one attached hydrogen (secondary N) is 2. The van der Waals surface area contributed by atoms with E-state index < -0.39 is 0 Å². The molecule has 0 radical (unpaired) electrons. The molecule has 21 heavy (non-hydrogen) atoms. The lowest BCUT2D eigenvalue weighted by Crippen LogP contribution is -2.24. The number of benzene rings is 1. The van der Waals surface area contributed by atoms with Crippen LogP contribution in [0.15, 0.2) is 41.1 Å². The minimum absolute atomic E-state index is 0.0990. The quantitative estimate of drug-likeness (QED) is 0.858. The highest BCUT2D eigenvalue weighted by Crippen LogP contribution is 2.23. The minimum atomic E-state index is -0.0990. The van der Waals surface area contributed by atoms with Crippen molar-refractivity contribution in [1.29, 1.82) is 0 Å². The molecule has 1 heterocycles. The van der Waals surface area contributed by atoms with Crippen molar-refractivity contribution < 1.29 is 4.79 Å². The van der Waals surface area contributed by atoms with Gasteiger partial charge in [-0.1, -0.05) is 28.9 Å². The van der Waals surface area contributed by atoms with Gasteiger partial charge in [-0.2, -0.15) is 0 Å². The van der Waals surface area contributed by atoms with Crippen molar-refractivity contribution in [2.24, 2.45) is 0 Å². The number of carbonyl (C=O) groups excluding carboxylic acids is 1. The predicted molar refractivity (Wildman–Crippen MR) is 89.0 cm³/mol. The molecule has 0 saturated heterocycles. The number of amides is 1. The van der Waals surface area contributed by atoms with Crippen molar-refractivity contribution in [2.45, 2.75) is 20.3 Å². The van der Waals surface area contributed by atoms with Crippen molar-refractivity contribution in [1.82, 2.24) is 10.3 Å². The van der Waals surface area contributed by atoms with Crippen molar-refractivity contribution in [2.75, 3.05) is 11.9 Å². The monoisotopic (exact) mass is 347 g/mol. The van der Waals surface area contributed by atoms with Gasteiger partial charge in [0.15, 0.2) is 0 Å². The molecule has 0 aliphatic rings. The number of anilines is 2. The van der Waals surface area contributed by atoms with Crippen LogP contribution in [0.4, 0.5) is 11.4 Å². The summed E-state index contributed by atoms with van der Waals surface area (Å²) in [7, 11) is 0. The molecule has 2 N–H and O–H groups in total. The van der Waals surface area contributed by atoms with Gasteiger partial charge < -0.3 is 10.6 Å². The van der Waals surface area contributed by atoms with E-state index in [1.807, 2.05) is 32.0 Å². The van der Waals surface area contributed by atoms with Crippen LogP contribution in [0.25, 0.3) is 0 Å². The molecule has 0 unspecified atom stereocenters. The number of aromatic nitrogens is 1. The van der Waals surface area contributed by atoms with Crippen LogP contribution < -0.4 is 10.6 Å². The lowest BCUT2D eigenvalue weighted by atomic mass is 10.2. The van der Waals surface area contributed by atoms with Gasteiger partial charge >= 0.3 is 0 Å². The van der Waals surface area contributed by atoms with Gasteiger partial charge in [-0.05, 0) is 37.1 Å². The Morgan fingerprint density at radius 3 is 2.76 bits per heavy atom. The number of rotatable bonds is 5. The summed E-state index contributed by atoms with van der Waals surface area (Å²) in [6.07, 6.45) is 4.18. The minimum Gasteiger partial charge on any atom is -0.354 e. The molecular formula is C16H18BrN3O. The molecule has 0 saturated carbocycles. The summed E-state index contributed by atoms with van der Waals surface area (Å²) in [5.74, 6) is -0.0990. The normalized spacial score (nSPS) is 10.2. The third kappa shape index (κ3) is 4.29. The largest absolute Gasteiger partial charge is 0.354 e. The molecule has 0 aliphatic heterocycles. The fraction of sp³-hybridized carbons (Fsp3) is 0.250. The van der Waals surface area contributed by atoms with Crippen LogP contribution in [0, 0.1) is 6.92 Å². The van der Waals surface area contributed by atoms with Crippen LogP contribution in [0.3, 0.4) is 0 Å². The molecule has 5 heteroatoms. The lowest BCUT2D eigenvalue weighted by molar-refractivity contribution is 0.0953. The Bertz CT molecular complexity index is 643. The van der Waals surface area contributed by atoms with Crippen LogP contribution in [0.2, 0.25) is 0 Å². The number of pyridine rings is 1. The summed E-state index contributed by atoms with van der Waals surface area (Å²) < 4.78 is 1.04. The number of hydrogen-bond donors (Lipinski definition) is 2. The van der Waals surface area contributed by atoms with Gasteiger partial charge in [-0.25, -0.2) is 0 Å². The first-order valence-corrected chi connectivity index (χ1v) is 7.66. The van der Waals surface area contributed by atoms with Gasteiger partial charge in [0.25, 0.3) is 5.91 Å². The SMILES string of the molecule is CCCNC(=O)c1cncc(Nc2ccc(C)c(Br)c2)c1. The molecule has 2 rings (SSSR count). The average molecular weight is 348 g/mol. The van der Waals surface area contributed by atoms with Crippen LogP contribution in [-0.2, 0) is 0 Å². The Morgan fingerprint density at radius 2 is 2.05 bits per heavy atom. The van der Waals surface area contributed by atoms with Crippen LogP contribution in [0.5, 0.6) is 0 Å². The maximum atomic E-state index is 11.9. The zero-order chi connectivity index (χ0) is 15.2. The van der Waals surface area contributed by atoms with Gasteiger partial charge in [0, 0.05) is 22.9 Å². The molecule has 0 fully saturated rings. The van der Waals surface area contributed by atoms with Gasteiger partial charge in [-0.15, -0.1) is 0 Å². The number of nitrogens with zero attached hydrogens (tertiary/aromatic N) is 1. The average Bonchev–Trinajstić information content (AvgIpc) is 2.49. The number of halogens is 1. The summed E-state index contributed by atoms with van der Waals surface area (Å²) in [4.78, 5) is 16.0. The van der Waals surface area contributed by atoms with Crippen molar-refractivity contribution in [3.05, 3.63) is 52.3 Å². The van der Waals surface area contributed by atoms with Crippen molar-refractivity contribution in [3.63, 3.8) is 0 Å². The van der Waals surface area contributed by atoms with E-state index in [0.29, 0.717) is 12.1 Å². The zero-order valence-corrected chi connectivity index (χ0v) is 13.7. The van der Waals surface area contributed by atoms with E-state index in [2.05, 4.69) is 31.5 Å². The van der Waals surface area contributed by atoms with E-state index in [-0.39, 0.29) is 5.91 Å². The third-order valence-electron chi connectivity index (χ3n) is 3.00. The maximum Gasteiger partial charge on any atom is 0.252 e. The van der Waals surface area contributed by atoms with E-state index in [9.17, 15) is 4.79 Å². The topological polar surface area (TPSA) is 54.0 Å². The molecule has 0 spiro atoms. The molecule has 2 aromatic rings. The Kier molecular flexibility index (Phi) is 5.33. The molecule has 110 valence electrons. The van der Waals surface area contributed by atoms with Gasteiger partial charge in [0.05, 0.1) is 17.4 Å². The molecule has 0 aliphatic carbocycles. The predicted octanol–water partition coefficient (Wildman–Crippen LogP) is 4.04. The second-order valence-electron chi connectivity index (χ2n) is 4.81. The standard InChI is InChI=1S/C16H18BrN3O/c1-3-6-19-16(21)12-7-14(10-18-9-12)20-13-5-4-11(2)15(17)8-13/h4-5,7-10,20H,3,6H2,1-2H3,(H,19,21). The maximum absolute atomic E-state index is 11.9. The van der Waals surface area contributed by atoms with E-state index >= 15 is 0 Å². The van der Waals surface area contributed by atoms with E-state index in [1.54, 1.807) is 18.5 Å². The first-order chi connectivity index (χ1) is 10.1. The Hall–Kier alpha value is -1.88. The van der Waals surface area contributed by atoms with Gasteiger partial charge in [-0.3, -0.25) is 9.78 Å².